The van der Waals surface area contributed by atoms with E-state index < -0.39 is 0 Å². The molecule has 19 heavy (non-hydrogen) atoms. The van der Waals surface area contributed by atoms with E-state index in [-0.39, 0.29) is 0 Å². The lowest BCUT2D eigenvalue weighted by molar-refractivity contribution is 0.872. The van der Waals surface area contributed by atoms with E-state index >= 15 is 0 Å². The summed E-state index contributed by atoms with van der Waals surface area (Å²) >= 11 is 3.53. The zero-order valence-electron chi connectivity index (χ0n) is 11.9. The zero-order chi connectivity index (χ0) is 14.0. The molecule has 0 aliphatic heterocycles. The Labute approximate surface area is 124 Å². The second-order valence-electron chi connectivity index (χ2n) is 5.19. The van der Waals surface area contributed by atoms with Crippen LogP contribution in [0, 0.1) is 20.8 Å². The molecule has 0 amide bonds. The summed E-state index contributed by atoms with van der Waals surface area (Å²) in [4.78, 5) is 0. The van der Waals surface area contributed by atoms with Crippen LogP contribution in [0.4, 0.5) is 5.69 Å². The number of hydrogen-bond donors (Lipinski definition) is 1. The van der Waals surface area contributed by atoms with Crippen LogP contribution in [0.3, 0.4) is 0 Å². The highest BCUT2D eigenvalue weighted by molar-refractivity contribution is 9.10. The third-order valence-electron chi connectivity index (χ3n) is 3.44. The molecule has 1 unspecified atom stereocenters. The van der Waals surface area contributed by atoms with Crippen LogP contribution in [0.1, 0.15) is 35.2 Å². The summed E-state index contributed by atoms with van der Waals surface area (Å²) in [5, 5.41) is 3.57. The largest absolute Gasteiger partial charge is 0.379 e. The minimum absolute atomic E-state index is 0.306. The normalized spacial score (nSPS) is 12.3. The molecule has 0 heterocycles. The lowest BCUT2D eigenvalue weighted by atomic mass is 10.00. The SMILES string of the molecule is Cc1ccc(C)c(C(C)Nc2ccc(Br)c(C)c2)c1. The van der Waals surface area contributed by atoms with E-state index in [1.54, 1.807) is 0 Å². The molecule has 0 spiro atoms. The maximum Gasteiger partial charge on any atom is 0.0488 e. The van der Waals surface area contributed by atoms with Gasteiger partial charge in [-0.3, -0.25) is 0 Å². The molecule has 0 saturated heterocycles. The number of hydrogen-bond acceptors (Lipinski definition) is 1. The third-order valence-corrected chi connectivity index (χ3v) is 4.33. The van der Waals surface area contributed by atoms with Gasteiger partial charge < -0.3 is 5.32 Å². The van der Waals surface area contributed by atoms with Gasteiger partial charge in [0.1, 0.15) is 0 Å². The molecule has 2 heteroatoms. The Balaban J connectivity index is 2.22. The van der Waals surface area contributed by atoms with Crippen molar-refractivity contribution in [1.29, 1.82) is 0 Å². The lowest BCUT2D eigenvalue weighted by Crippen LogP contribution is -2.08. The summed E-state index contributed by atoms with van der Waals surface area (Å²) in [7, 11) is 0. The summed E-state index contributed by atoms with van der Waals surface area (Å²) < 4.78 is 1.15. The van der Waals surface area contributed by atoms with Gasteiger partial charge in [0.05, 0.1) is 0 Å². The minimum atomic E-state index is 0.306. The smallest absolute Gasteiger partial charge is 0.0488 e. The van der Waals surface area contributed by atoms with Crippen molar-refractivity contribution in [3.05, 3.63) is 63.1 Å². The fourth-order valence-corrected chi connectivity index (χ4v) is 2.54. The molecule has 0 aromatic heterocycles. The highest BCUT2D eigenvalue weighted by Gasteiger charge is 2.09. The van der Waals surface area contributed by atoms with Gasteiger partial charge in [0.2, 0.25) is 0 Å². The summed E-state index contributed by atoms with van der Waals surface area (Å²) in [6.07, 6.45) is 0. The Kier molecular flexibility index (Phi) is 4.31. The predicted molar refractivity (Wildman–Crippen MR) is 86.8 cm³/mol. The van der Waals surface area contributed by atoms with Crippen LogP contribution in [-0.4, -0.2) is 0 Å². The van der Waals surface area contributed by atoms with Gasteiger partial charge in [0, 0.05) is 16.2 Å². The van der Waals surface area contributed by atoms with Crippen molar-refractivity contribution in [3.63, 3.8) is 0 Å². The van der Waals surface area contributed by atoms with Gasteiger partial charge >= 0.3 is 0 Å². The molecule has 100 valence electrons. The summed E-state index contributed by atoms with van der Waals surface area (Å²) in [6, 6.07) is 13.3. The van der Waals surface area contributed by atoms with Gasteiger partial charge in [0.15, 0.2) is 0 Å². The number of nitrogens with one attached hydrogen (secondary N) is 1. The van der Waals surface area contributed by atoms with E-state index in [1.807, 2.05) is 0 Å². The number of halogens is 1. The Morgan fingerprint density at radius 3 is 2.37 bits per heavy atom. The van der Waals surface area contributed by atoms with Gasteiger partial charge in [-0.25, -0.2) is 0 Å². The molecule has 1 N–H and O–H groups in total. The lowest BCUT2D eigenvalue weighted by Gasteiger charge is -2.19. The van der Waals surface area contributed by atoms with Gasteiger partial charge in [0.25, 0.3) is 0 Å². The molecular formula is C17H20BrN. The molecule has 1 nitrogen and oxygen atoms in total. The van der Waals surface area contributed by atoms with Crippen LogP contribution >= 0.6 is 15.9 Å². The second-order valence-corrected chi connectivity index (χ2v) is 6.04. The highest BCUT2D eigenvalue weighted by Crippen LogP contribution is 2.25. The van der Waals surface area contributed by atoms with E-state index in [9.17, 15) is 0 Å². The van der Waals surface area contributed by atoms with Crippen molar-refractivity contribution < 1.29 is 0 Å². The van der Waals surface area contributed by atoms with Crippen molar-refractivity contribution in [2.45, 2.75) is 33.7 Å². The maximum atomic E-state index is 3.57. The molecule has 0 fully saturated rings. The summed E-state index contributed by atoms with van der Waals surface area (Å²) in [5.74, 6) is 0. The minimum Gasteiger partial charge on any atom is -0.379 e. The molecule has 2 rings (SSSR count). The first-order chi connectivity index (χ1) is 8.97. The molecule has 1 atom stereocenters. The van der Waals surface area contributed by atoms with Crippen molar-refractivity contribution >= 4 is 21.6 Å². The molecule has 0 aliphatic carbocycles. The van der Waals surface area contributed by atoms with Crippen molar-refractivity contribution in [2.24, 2.45) is 0 Å². The molecule has 0 bridgehead atoms. The number of anilines is 1. The first kappa shape index (κ1) is 14.1. The van der Waals surface area contributed by atoms with Crippen LogP contribution < -0.4 is 5.32 Å². The van der Waals surface area contributed by atoms with E-state index in [0.717, 1.165) is 10.2 Å². The molecule has 0 radical (unpaired) electrons. The highest BCUT2D eigenvalue weighted by atomic mass is 79.9. The average molecular weight is 318 g/mol. The van der Waals surface area contributed by atoms with Crippen LogP contribution in [0.15, 0.2) is 40.9 Å². The summed E-state index contributed by atoms with van der Waals surface area (Å²) in [5.41, 5.74) is 6.41. The Morgan fingerprint density at radius 2 is 1.68 bits per heavy atom. The maximum absolute atomic E-state index is 3.57. The molecule has 0 saturated carbocycles. The topological polar surface area (TPSA) is 12.0 Å². The van der Waals surface area contributed by atoms with Gasteiger partial charge in [-0.1, -0.05) is 39.7 Å². The molecule has 0 aliphatic rings. The zero-order valence-corrected chi connectivity index (χ0v) is 13.5. The van der Waals surface area contributed by atoms with Gasteiger partial charge in [-0.05, 0) is 62.6 Å². The summed E-state index contributed by atoms with van der Waals surface area (Å²) in [6.45, 7) is 8.62. The second kappa shape index (κ2) is 5.79. The van der Waals surface area contributed by atoms with Crippen molar-refractivity contribution in [1.82, 2.24) is 0 Å². The average Bonchev–Trinajstić information content (AvgIpc) is 2.36. The molecule has 2 aromatic rings. The van der Waals surface area contributed by atoms with E-state index in [1.165, 1.54) is 22.3 Å². The molecule has 2 aromatic carbocycles. The van der Waals surface area contributed by atoms with Crippen molar-refractivity contribution in [2.75, 3.05) is 5.32 Å². The van der Waals surface area contributed by atoms with E-state index in [4.69, 9.17) is 0 Å². The van der Waals surface area contributed by atoms with Gasteiger partial charge in [-0.15, -0.1) is 0 Å². The van der Waals surface area contributed by atoms with Crippen LogP contribution in [0.2, 0.25) is 0 Å². The number of rotatable bonds is 3. The molecular weight excluding hydrogens is 298 g/mol. The van der Waals surface area contributed by atoms with Crippen LogP contribution in [0.25, 0.3) is 0 Å². The predicted octanol–water partition coefficient (Wildman–Crippen LogP) is 5.55. The standard InChI is InChI=1S/C17H20BrN/c1-11-5-6-12(2)16(9-11)14(4)19-15-7-8-17(18)13(3)10-15/h5-10,14,19H,1-4H3. The number of benzene rings is 2. The van der Waals surface area contributed by atoms with E-state index in [0.29, 0.717) is 6.04 Å². The number of aryl methyl sites for hydroxylation is 3. The monoisotopic (exact) mass is 317 g/mol. The third kappa shape index (κ3) is 3.38. The van der Waals surface area contributed by atoms with Crippen LogP contribution in [0.5, 0.6) is 0 Å². The Bertz CT molecular complexity index is 590. The Hall–Kier alpha value is -1.28. The van der Waals surface area contributed by atoms with Crippen molar-refractivity contribution in [3.8, 4) is 0 Å². The Morgan fingerprint density at radius 1 is 0.947 bits per heavy atom. The van der Waals surface area contributed by atoms with E-state index in [2.05, 4.69) is 85.3 Å². The fourth-order valence-electron chi connectivity index (χ4n) is 2.29. The van der Waals surface area contributed by atoms with Crippen LogP contribution in [-0.2, 0) is 0 Å². The first-order valence-electron chi connectivity index (χ1n) is 6.57. The quantitative estimate of drug-likeness (QED) is 0.782. The van der Waals surface area contributed by atoms with Gasteiger partial charge in [-0.2, -0.15) is 0 Å². The first-order valence-corrected chi connectivity index (χ1v) is 7.36. The fraction of sp³-hybridized carbons (Fsp3) is 0.294.